The van der Waals surface area contributed by atoms with E-state index in [4.69, 9.17) is 4.74 Å². The van der Waals surface area contributed by atoms with E-state index in [9.17, 15) is 22.5 Å². The average molecular weight is 384 g/mol. The summed E-state index contributed by atoms with van der Waals surface area (Å²) in [5.41, 5.74) is -1.65. The van der Waals surface area contributed by atoms with E-state index in [2.05, 4.69) is 4.40 Å². The molecule has 1 rings (SSSR count). The van der Waals surface area contributed by atoms with E-state index in [0.29, 0.717) is 0 Å². The van der Waals surface area contributed by atoms with Gasteiger partial charge in [0.25, 0.3) is 0 Å². The molecular formula is C16H27F3N2O3S. The molecular weight excluding hydrogens is 357 g/mol. The molecule has 25 heavy (non-hydrogen) atoms. The first kappa shape index (κ1) is 22.1. The second-order valence-corrected chi connectivity index (χ2v) is 9.98. The van der Waals surface area contributed by atoms with E-state index in [-0.39, 0.29) is 25.9 Å². The molecule has 0 spiro atoms. The lowest BCUT2D eigenvalue weighted by Gasteiger charge is -2.34. The summed E-state index contributed by atoms with van der Waals surface area (Å²) in [4.78, 5) is 13.4. The Morgan fingerprint density at radius 2 is 1.60 bits per heavy atom. The van der Waals surface area contributed by atoms with Crippen LogP contribution in [0.15, 0.2) is 4.40 Å². The number of piperidine rings is 1. The van der Waals surface area contributed by atoms with Gasteiger partial charge in [0.2, 0.25) is 0 Å². The van der Waals surface area contributed by atoms with Crippen LogP contribution in [0.3, 0.4) is 0 Å². The normalized spacial score (nSPS) is 19.8. The maximum Gasteiger partial charge on any atom is 0.434 e. The highest BCUT2D eigenvalue weighted by atomic mass is 32.2. The molecule has 0 saturated carbocycles. The summed E-state index contributed by atoms with van der Waals surface area (Å²) in [6, 6.07) is 0. The van der Waals surface area contributed by atoms with Gasteiger partial charge in [-0.05, 0) is 54.4 Å². The fourth-order valence-electron chi connectivity index (χ4n) is 2.25. The van der Waals surface area contributed by atoms with Crippen LogP contribution in [-0.4, -0.2) is 50.9 Å². The molecule has 1 unspecified atom stereocenters. The Morgan fingerprint density at radius 3 is 1.96 bits per heavy atom. The predicted octanol–water partition coefficient (Wildman–Crippen LogP) is 4.10. The van der Waals surface area contributed by atoms with Crippen LogP contribution in [0.1, 0.15) is 54.4 Å². The van der Waals surface area contributed by atoms with Crippen molar-refractivity contribution in [3.8, 4) is 0 Å². The van der Waals surface area contributed by atoms with E-state index in [1.54, 1.807) is 41.5 Å². The molecule has 1 fully saturated rings. The van der Waals surface area contributed by atoms with Gasteiger partial charge in [0.15, 0.2) is 5.71 Å². The molecule has 0 bridgehead atoms. The summed E-state index contributed by atoms with van der Waals surface area (Å²) >= 11 is -1.98. The van der Waals surface area contributed by atoms with Crippen molar-refractivity contribution in [2.75, 3.05) is 13.1 Å². The van der Waals surface area contributed by atoms with Gasteiger partial charge in [-0.3, -0.25) is 0 Å². The highest BCUT2D eigenvalue weighted by molar-refractivity contribution is 7.91. The molecule has 1 aliphatic heterocycles. The molecule has 1 aliphatic rings. The molecule has 146 valence electrons. The maximum atomic E-state index is 13.4. The first-order valence-corrected chi connectivity index (χ1v) is 9.27. The average Bonchev–Trinajstić information content (AvgIpc) is 2.40. The number of carbonyl (C=O) groups excluding carboxylic acids is 1. The van der Waals surface area contributed by atoms with Crippen LogP contribution in [0.25, 0.3) is 0 Å². The first-order valence-electron chi connectivity index (χ1n) is 8.17. The molecule has 1 atom stereocenters. The standard InChI is InChI=1S/C16H27F3N2O3S/c1-14(2,3)24-13(22)21-9-7-11(8-10-21)12(16(17,18)19)20-25(23)15(4,5)6/h11H,7-10H2,1-6H3/b20-12+. The molecule has 0 aromatic carbocycles. The first-order chi connectivity index (χ1) is 11.1. The lowest BCUT2D eigenvalue weighted by atomic mass is 9.92. The van der Waals surface area contributed by atoms with Crippen molar-refractivity contribution in [1.29, 1.82) is 0 Å². The zero-order valence-electron chi connectivity index (χ0n) is 15.6. The number of amides is 1. The number of ether oxygens (including phenoxy) is 1. The molecule has 0 radical (unpaired) electrons. The lowest BCUT2D eigenvalue weighted by Crippen LogP contribution is -2.45. The molecule has 1 heterocycles. The number of carbonyl (C=O) groups is 1. The number of hydrogen-bond donors (Lipinski definition) is 0. The highest BCUT2D eigenvalue weighted by Crippen LogP contribution is 2.32. The van der Waals surface area contributed by atoms with Crippen molar-refractivity contribution in [2.24, 2.45) is 10.3 Å². The highest BCUT2D eigenvalue weighted by Gasteiger charge is 2.45. The van der Waals surface area contributed by atoms with Crippen molar-refractivity contribution >= 4 is 23.2 Å². The number of halogens is 3. The summed E-state index contributed by atoms with van der Waals surface area (Å²) in [6.07, 6.45) is -4.95. The molecule has 0 aromatic heterocycles. The van der Waals surface area contributed by atoms with Crippen molar-refractivity contribution < 1.29 is 27.3 Å². The van der Waals surface area contributed by atoms with Gasteiger partial charge in [-0.25, -0.2) is 4.79 Å². The van der Waals surface area contributed by atoms with E-state index in [1.165, 1.54) is 4.90 Å². The van der Waals surface area contributed by atoms with Gasteiger partial charge in [0, 0.05) is 19.0 Å². The Morgan fingerprint density at radius 1 is 1.12 bits per heavy atom. The summed E-state index contributed by atoms with van der Waals surface area (Å²) in [7, 11) is 0. The molecule has 0 aliphatic carbocycles. The second-order valence-electron chi connectivity index (χ2n) is 8.08. The fraction of sp³-hybridized carbons (Fsp3) is 0.875. The summed E-state index contributed by atoms with van der Waals surface area (Å²) in [6.45, 7) is 10.2. The number of rotatable bonds is 2. The van der Waals surface area contributed by atoms with Crippen LogP contribution in [0.5, 0.6) is 0 Å². The smallest absolute Gasteiger partial charge is 0.434 e. The van der Waals surface area contributed by atoms with Gasteiger partial charge in [0.1, 0.15) is 21.7 Å². The number of hydrogen-bond acceptors (Lipinski definition) is 4. The van der Waals surface area contributed by atoms with Crippen LogP contribution in [-0.2, 0) is 16.1 Å². The summed E-state index contributed by atoms with van der Waals surface area (Å²) in [5.74, 6) is -0.870. The van der Waals surface area contributed by atoms with E-state index < -0.39 is 45.6 Å². The van der Waals surface area contributed by atoms with Gasteiger partial charge in [-0.15, -0.1) is 0 Å². The molecule has 5 nitrogen and oxygen atoms in total. The number of nitrogens with zero attached hydrogens (tertiary/aromatic N) is 2. The Bertz CT molecular complexity index is 502. The molecule has 0 aromatic rings. The summed E-state index contributed by atoms with van der Waals surface area (Å²) < 4.78 is 60.0. The van der Waals surface area contributed by atoms with Gasteiger partial charge >= 0.3 is 12.3 Å². The third kappa shape index (κ3) is 7.05. The minimum Gasteiger partial charge on any atom is -0.591 e. The maximum absolute atomic E-state index is 13.4. The Balaban J connectivity index is 2.83. The van der Waals surface area contributed by atoms with Crippen molar-refractivity contribution in [2.45, 2.75) is 70.9 Å². The topological polar surface area (TPSA) is 65.0 Å². The lowest BCUT2D eigenvalue weighted by molar-refractivity contribution is -0.0640. The minimum atomic E-state index is -4.64. The Kier molecular flexibility index (Phi) is 6.83. The van der Waals surface area contributed by atoms with Gasteiger partial charge in [0.05, 0.1) is 0 Å². The monoisotopic (exact) mass is 384 g/mol. The largest absolute Gasteiger partial charge is 0.591 e. The van der Waals surface area contributed by atoms with Gasteiger partial charge in [-0.2, -0.15) is 13.2 Å². The minimum absolute atomic E-state index is 0.110. The van der Waals surface area contributed by atoms with Crippen LogP contribution in [0, 0.1) is 5.92 Å². The Hall–Kier alpha value is -0.960. The van der Waals surface area contributed by atoms with E-state index in [1.807, 2.05) is 0 Å². The van der Waals surface area contributed by atoms with E-state index >= 15 is 0 Å². The van der Waals surface area contributed by atoms with Crippen molar-refractivity contribution in [1.82, 2.24) is 4.90 Å². The van der Waals surface area contributed by atoms with Crippen LogP contribution in [0.4, 0.5) is 18.0 Å². The SMILES string of the molecule is CC(C)(C)OC(=O)N1CCC(/C(=N\[S+]([O-])C(C)(C)C)C(F)(F)F)CC1. The van der Waals surface area contributed by atoms with Crippen LogP contribution >= 0.6 is 0 Å². The number of alkyl halides is 3. The third-order valence-electron chi connectivity index (χ3n) is 3.53. The summed E-state index contributed by atoms with van der Waals surface area (Å²) in [5, 5.41) is 0. The number of likely N-dealkylation sites (tertiary alicyclic amines) is 1. The molecule has 0 N–H and O–H groups in total. The van der Waals surface area contributed by atoms with Gasteiger partial charge < -0.3 is 14.2 Å². The zero-order valence-corrected chi connectivity index (χ0v) is 16.4. The van der Waals surface area contributed by atoms with Crippen LogP contribution < -0.4 is 0 Å². The molecule has 9 heteroatoms. The second kappa shape index (κ2) is 7.73. The third-order valence-corrected chi connectivity index (χ3v) is 4.94. The fourth-order valence-corrected chi connectivity index (χ4v) is 2.95. The van der Waals surface area contributed by atoms with Crippen LogP contribution in [0.2, 0.25) is 0 Å². The molecule has 1 saturated heterocycles. The quantitative estimate of drug-likeness (QED) is 0.532. The van der Waals surface area contributed by atoms with Crippen molar-refractivity contribution in [3.63, 3.8) is 0 Å². The molecule has 1 amide bonds. The predicted molar refractivity (Wildman–Crippen MR) is 91.9 cm³/mol. The Labute approximate surface area is 150 Å². The van der Waals surface area contributed by atoms with Crippen molar-refractivity contribution in [3.05, 3.63) is 0 Å². The zero-order chi connectivity index (χ0) is 19.6. The van der Waals surface area contributed by atoms with E-state index in [0.717, 1.165) is 0 Å². The van der Waals surface area contributed by atoms with Gasteiger partial charge in [-0.1, -0.05) is 4.40 Å².